The Kier molecular flexibility index (Phi) is 4.34. The fourth-order valence-corrected chi connectivity index (χ4v) is 2.64. The summed E-state index contributed by atoms with van der Waals surface area (Å²) in [6.45, 7) is 0.815. The number of benzene rings is 2. The zero-order valence-electron chi connectivity index (χ0n) is 12.0. The number of fused-ring (bicyclic) bond motifs is 1. The lowest BCUT2D eigenvalue weighted by atomic mass is 10.2. The second-order valence-electron chi connectivity index (χ2n) is 5.00. The van der Waals surface area contributed by atoms with Crippen LogP contribution >= 0.6 is 12.2 Å². The van der Waals surface area contributed by atoms with Crippen LogP contribution in [-0.4, -0.2) is 15.5 Å². The first-order valence-corrected chi connectivity index (χ1v) is 7.52. The highest BCUT2D eigenvalue weighted by Gasteiger charge is 2.08. The molecule has 0 saturated carbocycles. The zero-order valence-corrected chi connectivity index (χ0v) is 12.8. The minimum absolute atomic E-state index is 0.226. The average molecular weight is 312 g/mol. The topological polar surface area (TPSA) is 47.0 Å². The van der Waals surface area contributed by atoms with Crippen molar-refractivity contribution >= 4 is 29.2 Å². The molecule has 2 aromatic carbocycles. The van der Waals surface area contributed by atoms with E-state index in [-0.39, 0.29) is 5.97 Å². The van der Waals surface area contributed by atoms with Crippen LogP contribution < -0.4 is 0 Å². The SMILES string of the molecule is O=C(CCn1c(=S)[nH]c2ccccc21)OCc1ccccc1. The molecule has 0 unspecified atom stereocenters. The first kappa shape index (κ1) is 14.5. The lowest BCUT2D eigenvalue weighted by Gasteiger charge is -2.06. The summed E-state index contributed by atoms with van der Waals surface area (Å²) in [5.74, 6) is -0.226. The number of hydrogen-bond acceptors (Lipinski definition) is 3. The number of para-hydroxylation sites is 2. The Balaban J connectivity index is 1.61. The molecule has 3 aromatic rings. The van der Waals surface area contributed by atoms with E-state index < -0.39 is 0 Å². The molecule has 0 aliphatic carbocycles. The molecule has 3 rings (SSSR count). The van der Waals surface area contributed by atoms with E-state index in [0.29, 0.717) is 24.3 Å². The van der Waals surface area contributed by atoms with Crippen molar-refractivity contribution < 1.29 is 9.53 Å². The average Bonchev–Trinajstić information content (AvgIpc) is 2.87. The maximum atomic E-state index is 11.9. The van der Waals surface area contributed by atoms with Gasteiger partial charge in [-0.2, -0.15) is 0 Å². The fraction of sp³-hybridized carbons (Fsp3) is 0.176. The molecule has 0 fully saturated rings. The quantitative estimate of drug-likeness (QED) is 0.575. The molecular formula is C17H16N2O2S. The van der Waals surface area contributed by atoms with Gasteiger partial charge in [0, 0.05) is 6.54 Å². The molecule has 0 bridgehead atoms. The van der Waals surface area contributed by atoms with Gasteiger partial charge in [0.05, 0.1) is 17.5 Å². The van der Waals surface area contributed by atoms with Crippen LogP contribution in [0.4, 0.5) is 0 Å². The van der Waals surface area contributed by atoms with Crippen LogP contribution in [-0.2, 0) is 22.7 Å². The largest absolute Gasteiger partial charge is 0.461 e. The number of nitrogens with one attached hydrogen (secondary N) is 1. The molecular weight excluding hydrogens is 296 g/mol. The van der Waals surface area contributed by atoms with E-state index in [1.807, 2.05) is 59.2 Å². The summed E-state index contributed by atoms with van der Waals surface area (Å²) in [4.78, 5) is 15.0. The molecule has 1 heterocycles. The Hall–Kier alpha value is -2.40. The van der Waals surface area contributed by atoms with Crippen LogP contribution in [0, 0.1) is 4.77 Å². The molecule has 5 heteroatoms. The number of nitrogens with zero attached hydrogens (tertiary/aromatic N) is 1. The van der Waals surface area contributed by atoms with Gasteiger partial charge in [0.2, 0.25) is 0 Å². The maximum Gasteiger partial charge on any atom is 0.307 e. The summed E-state index contributed by atoms with van der Waals surface area (Å²) in [5.41, 5.74) is 2.97. The number of ether oxygens (including phenoxy) is 1. The van der Waals surface area contributed by atoms with Crippen LogP contribution in [0.5, 0.6) is 0 Å². The second-order valence-corrected chi connectivity index (χ2v) is 5.38. The number of H-pyrrole nitrogens is 1. The maximum absolute atomic E-state index is 11.9. The van der Waals surface area contributed by atoms with Crippen molar-refractivity contribution in [2.75, 3.05) is 0 Å². The standard InChI is InChI=1S/C17H16N2O2S/c20-16(21-12-13-6-2-1-3-7-13)10-11-19-15-9-5-4-8-14(15)18-17(19)22/h1-9H,10-12H2,(H,18,22). The molecule has 112 valence electrons. The van der Waals surface area contributed by atoms with Crippen molar-refractivity contribution in [1.29, 1.82) is 0 Å². The molecule has 4 nitrogen and oxygen atoms in total. The third-order valence-corrected chi connectivity index (χ3v) is 3.79. The highest BCUT2D eigenvalue weighted by molar-refractivity contribution is 7.71. The van der Waals surface area contributed by atoms with Crippen LogP contribution in [0.2, 0.25) is 0 Å². The van der Waals surface area contributed by atoms with E-state index >= 15 is 0 Å². The van der Waals surface area contributed by atoms with Crippen LogP contribution in [0.3, 0.4) is 0 Å². The first-order valence-electron chi connectivity index (χ1n) is 7.11. The van der Waals surface area contributed by atoms with Gasteiger partial charge in [0.25, 0.3) is 0 Å². The van der Waals surface area contributed by atoms with Crippen molar-refractivity contribution in [1.82, 2.24) is 9.55 Å². The van der Waals surface area contributed by atoms with E-state index in [1.54, 1.807) is 0 Å². The van der Waals surface area contributed by atoms with E-state index in [9.17, 15) is 4.79 Å². The molecule has 0 aliphatic heterocycles. The Morgan fingerprint density at radius 1 is 1.09 bits per heavy atom. The summed E-state index contributed by atoms with van der Waals surface area (Å²) >= 11 is 5.30. The van der Waals surface area contributed by atoms with E-state index in [0.717, 1.165) is 16.6 Å². The van der Waals surface area contributed by atoms with Crippen LogP contribution in [0.1, 0.15) is 12.0 Å². The molecule has 0 saturated heterocycles. The van der Waals surface area contributed by atoms with Gasteiger partial charge in [-0.15, -0.1) is 0 Å². The van der Waals surface area contributed by atoms with Crippen LogP contribution in [0.15, 0.2) is 54.6 Å². The molecule has 1 N–H and O–H groups in total. The molecule has 0 amide bonds. The minimum atomic E-state index is -0.226. The number of carbonyl (C=O) groups excluding carboxylic acids is 1. The fourth-order valence-electron chi connectivity index (χ4n) is 2.34. The zero-order chi connectivity index (χ0) is 15.4. The van der Waals surface area contributed by atoms with Gasteiger partial charge < -0.3 is 14.3 Å². The van der Waals surface area contributed by atoms with E-state index in [1.165, 1.54) is 0 Å². The number of esters is 1. The number of carbonyl (C=O) groups is 1. The van der Waals surface area contributed by atoms with Crippen molar-refractivity contribution in [2.24, 2.45) is 0 Å². The number of aromatic amines is 1. The predicted octanol–water partition coefficient (Wildman–Crippen LogP) is 3.83. The Morgan fingerprint density at radius 2 is 1.82 bits per heavy atom. The minimum Gasteiger partial charge on any atom is -0.461 e. The van der Waals surface area contributed by atoms with Gasteiger partial charge in [-0.1, -0.05) is 42.5 Å². The summed E-state index contributed by atoms with van der Waals surface area (Å²) in [7, 11) is 0. The number of imidazole rings is 1. The summed E-state index contributed by atoms with van der Waals surface area (Å²) in [6, 6.07) is 17.5. The van der Waals surface area contributed by atoms with Gasteiger partial charge in [-0.3, -0.25) is 4.79 Å². The third-order valence-electron chi connectivity index (χ3n) is 3.46. The third kappa shape index (κ3) is 3.26. The number of aromatic nitrogens is 2. The number of aryl methyl sites for hydroxylation is 1. The second kappa shape index (κ2) is 6.58. The molecule has 22 heavy (non-hydrogen) atoms. The highest BCUT2D eigenvalue weighted by atomic mass is 32.1. The first-order chi connectivity index (χ1) is 10.7. The normalized spacial score (nSPS) is 10.7. The van der Waals surface area contributed by atoms with Gasteiger partial charge in [0.1, 0.15) is 6.61 Å². The summed E-state index contributed by atoms with van der Waals surface area (Å²) < 4.78 is 7.83. The molecule has 0 atom stereocenters. The van der Waals surface area contributed by atoms with Gasteiger partial charge in [-0.25, -0.2) is 0 Å². The molecule has 0 spiro atoms. The number of hydrogen-bond donors (Lipinski definition) is 1. The predicted molar refractivity (Wildman–Crippen MR) is 88.0 cm³/mol. The van der Waals surface area contributed by atoms with Gasteiger partial charge in [0.15, 0.2) is 4.77 Å². The summed E-state index contributed by atoms with van der Waals surface area (Å²) in [5, 5.41) is 0. The van der Waals surface area contributed by atoms with Crippen molar-refractivity contribution in [3.05, 3.63) is 64.9 Å². The number of rotatable bonds is 5. The van der Waals surface area contributed by atoms with Gasteiger partial charge >= 0.3 is 5.97 Å². The van der Waals surface area contributed by atoms with Crippen LogP contribution in [0.25, 0.3) is 11.0 Å². The van der Waals surface area contributed by atoms with Crippen molar-refractivity contribution in [3.8, 4) is 0 Å². The van der Waals surface area contributed by atoms with Crippen molar-refractivity contribution in [2.45, 2.75) is 19.6 Å². The van der Waals surface area contributed by atoms with E-state index in [4.69, 9.17) is 17.0 Å². The lowest BCUT2D eigenvalue weighted by molar-refractivity contribution is -0.145. The molecule has 0 aliphatic rings. The Bertz CT molecular complexity index is 836. The lowest BCUT2D eigenvalue weighted by Crippen LogP contribution is -2.09. The highest BCUT2D eigenvalue weighted by Crippen LogP contribution is 2.14. The van der Waals surface area contributed by atoms with Gasteiger partial charge in [-0.05, 0) is 29.9 Å². The molecule has 1 aromatic heterocycles. The Labute approximate surface area is 133 Å². The van der Waals surface area contributed by atoms with Crippen molar-refractivity contribution in [3.63, 3.8) is 0 Å². The van der Waals surface area contributed by atoms with E-state index in [2.05, 4.69) is 4.98 Å². The summed E-state index contributed by atoms with van der Waals surface area (Å²) in [6.07, 6.45) is 0.295. The monoisotopic (exact) mass is 312 g/mol. The smallest absolute Gasteiger partial charge is 0.307 e. The molecule has 0 radical (unpaired) electrons. The Morgan fingerprint density at radius 3 is 2.64 bits per heavy atom.